The molecule has 0 bridgehead atoms. The van der Waals surface area contributed by atoms with Crippen molar-refractivity contribution in [1.82, 2.24) is 24.9 Å². The lowest BCUT2D eigenvalue weighted by molar-refractivity contribution is 0.157. The number of hydrazine groups is 2. The summed E-state index contributed by atoms with van der Waals surface area (Å²) in [5, 5.41) is 8.93. The van der Waals surface area contributed by atoms with Gasteiger partial charge >= 0.3 is 0 Å². The topological polar surface area (TPSA) is 55.2 Å². The minimum absolute atomic E-state index is 0.777. The van der Waals surface area contributed by atoms with E-state index >= 15 is 0 Å². The lowest BCUT2D eigenvalue weighted by Crippen LogP contribution is -2.52. The first kappa shape index (κ1) is 24.0. The van der Waals surface area contributed by atoms with Crippen LogP contribution in [0, 0.1) is 0 Å². The van der Waals surface area contributed by atoms with Gasteiger partial charge in [-0.1, -0.05) is 60.7 Å². The summed E-state index contributed by atoms with van der Waals surface area (Å²) in [4.78, 5) is 9.14. The van der Waals surface area contributed by atoms with Crippen molar-refractivity contribution >= 4 is 23.3 Å². The van der Waals surface area contributed by atoms with Gasteiger partial charge in [-0.15, -0.1) is 5.10 Å². The number of anilines is 2. The van der Waals surface area contributed by atoms with Gasteiger partial charge in [0.25, 0.3) is 0 Å². The largest absolute Gasteiger partial charge is 0.306 e. The molecule has 6 rings (SSSR count). The molecule has 1 aromatic heterocycles. The van der Waals surface area contributed by atoms with Crippen molar-refractivity contribution in [2.75, 3.05) is 49.4 Å². The second-order valence-corrected chi connectivity index (χ2v) is 9.46. The van der Waals surface area contributed by atoms with Crippen LogP contribution in [0.5, 0.6) is 0 Å². The van der Waals surface area contributed by atoms with Crippen LogP contribution >= 0.6 is 0 Å². The molecule has 1 fully saturated rings. The SMILES string of the molecule is C(=Cc1ccccc1)CN1CCN(CC2=NNN(c3ccc(-n4ccnc4)cc3)N2c2ccccc2)CC1. The number of piperazine rings is 1. The van der Waals surface area contributed by atoms with E-state index in [1.54, 1.807) is 12.5 Å². The van der Waals surface area contributed by atoms with Gasteiger partial charge in [-0.25, -0.2) is 9.99 Å². The summed E-state index contributed by atoms with van der Waals surface area (Å²) in [6.45, 7) is 5.87. The third-order valence-electron chi connectivity index (χ3n) is 6.92. The summed E-state index contributed by atoms with van der Waals surface area (Å²) < 4.78 is 2.00. The monoisotopic (exact) mass is 504 g/mol. The van der Waals surface area contributed by atoms with Crippen molar-refractivity contribution in [2.24, 2.45) is 5.10 Å². The number of hydrogen-bond donors (Lipinski definition) is 1. The molecule has 2 aliphatic rings. The van der Waals surface area contributed by atoms with Gasteiger partial charge in [0.15, 0.2) is 5.84 Å². The van der Waals surface area contributed by atoms with Crippen molar-refractivity contribution in [3.8, 4) is 5.69 Å². The molecule has 8 nitrogen and oxygen atoms in total. The van der Waals surface area contributed by atoms with Gasteiger partial charge in [-0.05, 0) is 42.0 Å². The molecular formula is C30H32N8. The fourth-order valence-corrected chi connectivity index (χ4v) is 4.83. The van der Waals surface area contributed by atoms with Crippen LogP contribution in [0.3, 0.4) is 0 Å². The second-order valence-electron chi connectivity index (χ2n) is 9.46. The standard InChI is InChI=1S/C30H32N8/c1-3-8-26(9-4-1)10-7-18-34-20-22-35(23-21-34)24-30-32-33-38(37(30)28-11-5-2-6-12-28)29-15-13-27(14-16-29)36-19-17-31-25-36/h1-17,19,25,33H,18,20-24H2. The molecule has 3 heterocycles. The average Bonchev–Trinajstić information content (AvgIpc) is 3.66. The van der Waals surface area contributed by atoms with Gasteiger partial charge in [-0.2, -0.15) is 10.7 Å². The van der Waals surface area contributed by atoms with E-state index < -0.39 is 0 Å². The smallest absolute Gasteiger partial charge is 0.166 e. The molecule has 3 aromatic carbocycles. The summed E-state index contributed by atoms with van der Waals surface area (Å²) >= 11 is 0. The molecule has 0 radical (unpaired) electrons. The van der Waals surface area contributed by atoms with E-state index in [0.29, 0.717) is 0 Å². The number of hydrogen-bond acceptors (Lipinski definition) is 7. The maximum Gasteiger partial charge on any atom is 0.166 e. The summed E-state index contributed by atoms with van der Waals surface area (Å²) in [6.07, 6.45) is 10.0. The summed E-state index contributed by atoms with van der Waals surface area (Å²) in [6, 6.07) is 29.3. The lowest BCUT2D eigenvalue weighted by atomic mass is 10.2. The minimum Gasteiger partial charge on any atom is -0.306 e. The summed E-state index contributed by atoms with van der Waals surface area (Å²) in [7, 11) is 0. The molecule has 1 saturated heterocycles. The second kappa shape index (κ2) is 11.3. The van der Waals surface area contributed by atoms with E-state index in [-0.39, 0.29) is 0 Å². The zero-order valence-electron chi connectivity index (χ0n) is 21.3. The predicted molar refractivity (Wildman–Crippen MR) is 154 cm³/mol. The number of nitrogens with one attached hydrogen (secondary N) is 1. The van der Waals surface area contributed by atoms with Crippen LogP contribution in [0.1, 0.15) is 5.56 Å². The van der Waals surface area contributed by atoms with E-state index in [1.165, 1.54) is 5.56 Å². The minimum atomic E-state index is 0.777. The zero-order valence-corrected chi connectivity index (χ0v) is 21.3. The number of para-hydroxylation sites is 1. The number of benzene rings is 3. The van der Waals surface area contributed by atoms with Crippen LogP contribution < -0.4 is 15.7 Å². The molecular weight excluding hydrogens is 472 g/mol. The van der Waals surface area contributed by atoms with Gasteiger partial charge in [0.05, 0.1) is 24.2 Å². The van der Waals surface area contributed by atoms with Crippen molar-refractivity contribution in [3.63, 3.8) is 0 Å². The Morgan fingerprint density at radius 3 is 2.13 bits per heavy atom. The predicted octanol–water partition coefficient (Wildman–Crippen LogP) is 4.26. The Morgan fingerprint density at radius 1 is 0.737 bits per heavy atom. The van der Waals surface area contributed by atoms with Crippen molar-refractivity contribution < 1.29 is 0 Å². The Labute approximate surface area is 223 Å². The summed E-state index contributed by atoms with van der Waals surface area (Å²) in [5.74, 6) is 0.979. The highest BCUT2D eigenvalue weighted by Crippen LogP contribution is 2.26. The van der Waals surface area contributed by atoms with E-state index in [2.05, 4.69) is 116 Å². The molecule has 2 aliphatic heterocycles. The van der Waals surface area contributed by atoms with Gasteiger partial charge in [0.1, 0.15) is 0 Å². The van der Waals surface area contributed by atoms with Crippen molar-refractivity contribution in [1.29, 1.82) is 0 Å². The molecule has 4 aromatic rings. The molecule has 192 valence electrons. The number of imidazole rings is 1. The molecule has 0 atom stereocenters. The van der Waals surface area contributed by atoms with Crippen LogP contribution in [0.2, 0.25) is 0 Å². The third kappa shape index (κ3) is 5.46. The molecule has 8 heteroatoms. The van der Waals surface area contributed by atoms with Gasteiger partial charge in [-0.3, -0.25) is 9.80 Å². The normalized spacial score (nSPS) is 16.7. The van der Waals surface area contributed by atoms with Gasteiger partial charge < -0.3 is 4.57 Å². The highest BCUT2D eigenvalue weighted by molar-refractivity contribution is 6.02. The fraction of sp³-hybridized carbons (Fsp3) is 0.200. The highest BCUT2D eigenvalue weighted by atomic mass is 15.9. The van der Waals surface area contributed by atoms with Gasteiger partial charge in [0.2, 0.25) is 0 Å². The van der Waals surface area contributed by atoms with Gasteiger partial charge in [0, 0.05) is 50.8 Å². The molecule has 0 unspecified atom stereocenters. The lowest BCUT2D eigenvalue weighted by Gasteiger charge is -2.36. The van der Waals surface area contributed by atoms with Crippen LogP contribution in [-0.4, -0.2) is 64.5 Å². The van der Waals surface area contributed by atoms with E-state index in [1.807, 2.05) is 21.9 Å². The Hall–Kier alpha value is -4.40. The third-order valence-corrected chi connectivity index (χ3v) is 6.92. The first-order chi connectivity index (χ1) is 18.8. The number of amidine groups is 1. The van der Waals surface area contributed by atoms with E-state index in [9.17, 15) is 0 Å². The maximum atomic E-state index is 4.76. The Kier molecular flexibility index (Phi) is 7.15. The van der Waals surface area contributed by atoms with Crippen LogP contribution in [0.15, 0.2) is 115 Å². The number of nitrogens with zero attached hydrogens (tertiary/aromatic N) is 7. The molecule has 0 aliphatic carbocycles. The Balaban J connectivity index is 1.10. The number of rotatable bonds is 8. The Morgan fingerprint density at radius 2 is 1.42 bits per heavy atom. The van der Waals surface area contributed by atoms with Crippen LogP contribution in [0.4, 0.5) is 11.4 Å². The van der Waals surface area contributed by atoms with E-state index in [4.69, 9.17) is 5.10 Å². The molecule has 1 N–H and O–H groups in total. The highest BCUT2D eigenvalue weighted by Gasteiger charge is 2.30. The zero-order chi connectivity index (χ0) is 25.6. The first-order valence-corrected chi connectivity index (χ1v) is 13.1. The molecule has 0 amide bonds. The van der Waals surface area contributed by atoms with Crippen LogP contribution in [-0.2, 0) is 0 Å². The van der Waals surface area contributed by atoms with Crippen molar-refractivity contribution in [2.45, 2.75) is 0 Å². The van der Waals surface area contributed by atoms with Crippen LogP contribution in [0.25, 0.3) is 11.8 Å². The molecule has 38 heavy (non-hydrogen) atoms. The maximum absolute atomic E-state index is 4.76. The summed E-state index contributed by atoms with van der Waals surface area (Å²) in [5.41, 5.74) is 7.64. The van der Waals surface area contributed by atoms with E-state index in [0.717, 1.165) is 62.2 Å². The molecule has 0 spiro atoms. The molecule has 0 saturated carbocycles. The number of hydrazone groups is 1. The first-order valence-electron chi connectivity index (χ1n) is 13.1. The van der Waals surface area contributed by atoms with Crippen molar-refractivity contribution in [3.05, 3.63) is 115 Å². The average molecular weight is 505 g/mol. The quantitative estimate of drug-likeness (QED) is 0.387. The Bertz CT molecular complexity index is 1340. The number of aromatic nitrogens is 2. The fourth-order valence-electron chi connectivity index (χ4n) is 4.83.